The minimum absolute atomic E-state index is 0.387. The van der Waals surface area contributed by atoms with Crippen molar-refractivity contribution in [2.24, 2.45) is 5.73 Å². The summed E-state index contributed by atoms with van der Waals surface area (Å²) in [6, 6.07) is -2.10. The smallest absolute Gasteiger partial charge is 0.292 e. The molecule has 0 aromatic heterocycles. The van der Waals surface area contributed by atoms with Crippen LogP contribution in [-0.2, 0) is 19.6 Å². The van der Waals surface area contributed by atoms with Gasteiger partial charge in [-0.15, -0.1) is 0 Å². The molecule has 13 heteroatoms. The second-order valence-electron chi connectivity index (χ2n) is 5.41. The highest BCUT2D eigenvalue weighted by Gasteiger charge is 2.48. The maximum atomic E-state index is 11.4. The van der Waals surface area contributed by atoms with Crippen LogP contribution in [0.2, 0.25) is 0 Å². The molecule has 0 radical (unpaired) electrons. The molecule has 0 aliphatic carbocycles. The predicted molar refractivity (Wildman–Crippen MR) is 80.4 cm³/mol. The van der Waals surface area contributed by atoms with Gasteiger partial charge in [0.05, 0.1) is 18.7 Å². The Morgan fingerprint density at radius 3 is 2.42 bits per heavy atom. The van der Waals surface area contributed by atoms with Crippen molar-refractivity contribution in [3.63, 3.8) is 0 Å². The molecule has 9 N–H and O–H groups in total. The Kier molecular flexibility index (Phi) is 6.88. The Balaban J connectivity index is 3.22. The summed E-state index contributed by atoms with van der Waals surface area (Å²) in [5.74, 6) is -1.10. The maximum Gasteiger partial charge on any atom is 0.292 e. The molecule has 0 saturated carbocycles. The van der Waals surface area contributed by atoms with E-state index in [1.165, 1.54) is 0 Å². The van der Waals surface area contributed by atoms with E-state index in [1.807, 2.05) is 0 Å². The Labute approximate surface area is 138 Å². The average Bonchev–Trinajstić information content (AvgIpc) is 2.45. The van der Waals surface area contributed by atoms with Gasteiger partial charge in [-0.1, -0.05) is 0 Å². The highest BCUT2D eigenvalue weighted by atomic mass is 32.2. The number of ether oxygens (including phenoxy) is 1. The van der Waals surface area contributed by atoms with Crippen LogP contribution in [0.1, 0.15) is 13.3 Å². The van der Waals surface area contributed by atoms with E-state index in [9.17, 15) is 28.0 Å². The molecule has 12 nitrogen and oxygen atoms in total. The molecule has 1 aliphatic rings. The third kappa shape index (κ3) is 5.25. The summed E-state index contributed by atoms with van der Waals surface area (Å²) in [4.78, 5) is 11.4. The molecule has 1 heterocycles. The lowest BCUT2D eigenvalue weighted by Crippen LogP contribution is -2.67. The van der Waals surface area contributed by atoms with Crippen LogP contribution >= 0.6 is 0 Å². The van der Waals surface area contributed by atoms with Gasteiger partial charge >= 0.3 is 0 Å². The van der Waals surface area contributed by atoms with Gasteiger partial charge in [0, 0.05) is 13.3 Å². The second-order valence-corrected chi connectivity index (χ2v) is 6.97. The molecule has 0 bridgehead atoms. The first-order chi connectivity index (χ1) is 11.0. The molecular weight excluding hydrogens is 348 g/mol. The van der Waals surface area contributed by atoms with Crippen molar-refractivity contribution in [2.75, 3.05) is 6.61 Å². The number of nitrogens with one attached hydrogen (secondary N) is 3. The highest BCUT2D eigenvalue weighted by molar-refractivity contribution is 7.86. The van der Waals surface area contributed by atoms with Crippen LogP contribution < -0.4 is 16.4 Å². The quantitative estimate of drug-likeness (QED) is 0.129. The van der Waals surface area contributed by atoms with Crippen molar-refractivity contribution in [1.29, 1.82) is 5.41 Å². The van der Waals surface area contributed by atoms with Crippen LogP contribution in [-0.4, -0.2) is 82.6 Å². The monoisotopic (exact) mass is 370 g/mol. The first-order valence-electron chi connectivity index (χ1n) is 6.93. The van der Waals surface area contributed by atoms with Crippen LogP contribution in [0.25, 0.3) is 0 Å². The number of rotatable bonds is 6. The standard InChI is InChI=1S/C11H22N4O8S/c1-4(17)14-8-5(15-11(12)13)2-7(24(20,21)22)23-10(8)9(19)6(18)3-16/h5-10,16,18-19H,2-3H2,1H3,(H,14,17)(H4,12,13,15)(H,20,21,22)/t5-,6+,7+,8+,9+,10+/m0/s1. The lowest BCUT2D eigenvalue weighted by atomic mass is 9.90. The first-order valence-corrected chi connectivity index (χ1v) is 8.44. The van der Waals surface area contributed by atoms with Crippen molar-refractivity contribution < 1.29 is 37.8 Å². The number of hydrogen-bond acceptors (Lipinski definition) is 8. The van der Waals surface area contributed by atoms with E-state index in [0.29, 0.717) is 0 Å². The molecule has 0 aromatic rings. The lowest BCUT2D eigenvalue weighted by molar-refractivity contribution is -0.148. The topological polar surface area (TPSA) is 215 Å². The largest absolute Gasteiger partial charge is 0.394 e. The molecule has 0 unspecified atom stereocenters. The van der Waals surface area contributed by atoms with Crippen molar-refractivity contribution in [2.45, 2.75) is 49.2 Å². The third-order valence-electron chi connectivity index (χ3n) is 3.50. The van der Waals surface area contributed by atoms with Crippen LogP contribution in [0, 0.1) is 5.41 Å². The van der Waals surface area contributed by atoms with Gasteiger partial charge in [-0.05, 0) is 0 Å². The van der Waals surface area contributed by atoms with Crippen molar-refractivity contribution >= 4 is 22.0 Å². The number of amides is 1. The number of hydrogen-bond donors (Lipinski definition) is 8. The molecule has 1 saturated heterocycles. The zero-order valence-electron chi connectivity index (χ0n) is 12.8. The molecule has 0 spiro atoms. The van der Waals surface area contributed by atoms with E-state index >= 15 is 0 Å². The SMILES string of the molecule is CC(=O)N[C@H]1[C@H]([C@H](O)[C@H](O)CO)O[C@H](S(=O)(=O)O)C[C@@H]1NC(=N)N. The minimum atomic E-state index is -4.69. The van der Waals surface area contributed by atoms with Gasteiger partial charge in [0.15, 0.2) is 11.4 Å². The zero-order valence-corrected chi connectivity index (χ0v) is 13.6. The zero-order chi connectivity index (χ0) is 18.7. The fourth-order valence-corrected chi connectivity index (χ4v) is 3.20. The summed E-state index contributed by atoms with van der Waals surface area (Å²) < 4.78 is 37.1. The Hall–Kier alpha value is -1.51. The van der Waals surface area contributed by atoms with E-state index in [-0.39, 0.29) is 6.42 Å². The summed E-state index contributed by atoms with van der Waals surface area (Å²) >= 11 is 0. The van der Waals surface area contributed by atoms with E-state index in [4.69, 9.17) is 21.0 Å². The molecule has 1 rings (SSSR count). The molecule has 1 amide bonds. The summed E-state index contributed by atoms with van der Waals surface area (Å²) in [6.45, 7) is 0.306. The van der Waals surface area contributed by atoms with Crippen LogP contribution in [0.15, 0.2) is 0 Å². The number of aliphatic hydroxyl groups is 3. The van der Waals surface area contributed by atoms with Gasteiger partial charge in [-0.3, -0.25) is 14.8 Å². The van der Waals surface area contributed by atoms with Gasteiger partial charge in [-0.25, -0.2) is 0 Å². The van der Waals surface area contributed by atoms with Gasteiger partial charge in [0.2, 0.25) is 5.91 Å². The summed E-state index contributed by atoms with van der Waals surface area (Å²) in [6.07, 6.45) is -5.37. The number of aliphatic hydroxyl groups excluding tert-OH is 3. The number of carbonyl (C=O) groups is 1. The van der Waals surface area contributed by atoms with E-state index < -0.39 is 64.4 Å². The normalized spacial score (nSPS) is 30.2. The molecule has 6 atom stereocenters. The van der Waals surface area contributed by atoms with Crippen molar-refractivity contribution in [3.8, 4) is 0 Å². The molecule has 0 aromatic carbocycles. The van der Waals surface area contributed by atoms with Gasteiger partial charge in [0.1, 0.15) is 18.3 Å². The predicted octanol–water partition coefficient (Wildman–Crippen LogP) is -3.94. The molecule has 1 fully saturated rings. The van der Waals surface area contributed by atoms with Gasteiger partial charge < -0.3 is 36.4 Å². The van der Waals surface area contributed by atoms with E-state index in [1.54, 1.807) is 0 Å². The van der Waals surface area contributed by atoms with E-state index in [2.05, 4.69) is 10.6 Å². The fraction of sp³-hybridized carbons (Fsp3) is 0.818. The number of carbonyl (C=O) groups excluding carboxylic acids is 1. The van der Waals surface area contributed by atoms with Crippen molar-refractivity contribution in [3.05, 3.63) is 0 Å². The summed E-state index contributed by atoms with van der Waals surface area (Å²) in [5, 5.41) is 40.7. The first kappa shape index (κ1) is 20.5. The van der Waals surface area contributed by atoms with Gasteiger partial charge in [0.25, 0.3) is 10.1 Å². The lowest BCUT2D eigenvalue weighted by Gasteiger charge is -2.43. The summed E-state index contributed by atoms with van der Waals surface area (Å²) in [5.41, 5.74) is 3.45. The average molecular weight is 370 g/mol. The molecule has 140 valence electrons. The van der Waals surface area contributed by atoms with Gasteiger partial charge in [-0.2, -0.15) is 8.42 Å². The number of nitrogens with two attached hydrogens (primary N) is 1. The number of guanidine groups is 1. The van der Waals surface area contributed by atoms with Crippen LogP contribution in [0.5, 0.6) is 0 Å². The summed E-state index contributed by atoms with van der Waals surface area (Å²) in [7, 11) is -4.69. The molecule has 1 aliphatic heterocycles. The molecule has 24 heavy (non-hydrogen) atoms. The Morgan fingerprint density at radius 1 is 1.42 bits per heavy atom. The van der Waals surface area contributed by atoms with Crippen LogP contribution in [0.3, 0.4) is 0 Å². The Bertz CT molecular complexity index is 570. The minimum Gasteiger partial charge on any atom is -0.394 e. The van der Waals surface area contributed by atoms with E-state index in [0.717, 1.165) is 6.92 Å². The van der Waals surface area contributed by atoms with Crippen molar-refractivity contribution in [1.82, 2.24) is 10.6 Å². The van der Waals surface area contributed by atoms with Crippen LogP contribution in [0.4, 0.5) is 0 Å². The Morgan fingerprint density at radius 2 is 2.00 bits per heavy atom. The third-order valence-corrected chi connectivity index (χ3v) is 4.47. The molecular formula is C11H22N4O8S. The second kappa shape index (κ2) is 8.04. The highest BCUT2D eigenvalue weighted by Crippen LogP contribution is 2.26. The maximum absolute atomic E-state index is 11.4. The fourth-order valence-electron chi connectivity index (χ4n) is 2.48.